The van der Waals surface area contributed by atoms with Gasteiger partial charge in [-0.2, -0.15) is 4.31 Å². The van der Waals surface area contributed by atoms with Crippen LogP contribution in [0.4, 0.5) is 5.69 Å². The summed E-state index contributed by atoms with van der Waals surface area (Å²) >= 11 is 3.50. The highest BCUT2D eigenvalue weighted by atomic mass is 79.9. The van der Waals surface area contributed by atoms with E-state index in [1.54, 1.807) is 15.3 Å². The van der Waals surface area contributed by atoms with Crippen molar-refractivity contribution in [1.82, 2.24) is 4.31 Å². The first-order valence-electron chi connectivity index (χ1n) is 10.6. The zero-order valence-electron chi connectivity index (χ0n) is 17.2. The molecule has 1 fully saturated rings. The van der Waals surface area contributed by atoms with Crippen molar-refractivity contribution in [2.75, 3.05) is 18.0 Å². The molecule has 1 aliphatic heterocycles. The summed E-state index contributed by atoms with van der Waals surface area (Å²) in [7, 11) is -3.73. The molecule has 1 amide bonds. The molecule has 0 aromatic heterocycles. The maximum atomic E-state index is 13.7. The summed E-state index contributed by atoms with van der Waals surface area (Å²) in [5.41, 5.74) is 2.74. The number of sulfonamides is 1. The molecule has 160 valence electrons. The highest BCUT2D eigenvalue weighted by molar-refractivity contribution is 9.10. The third-order valence-corrected chi connectivity index (χ3v) is 8.61. The minimum atomic E-state index is -3.73. The molecule has 0 unspecified atom stereocenters. The second-order valence-electron chi connectivity index (χ2n) is 8.10. The predicted molar refractivity (Wildman–Crippen MR) is 122 cm³/mol. The van der Waals surface area contributed by atoms with E-state index in [-0.39, 0.29) is 16.7 Å². The molecule has 1 saturated carbocycles. The van der Waals surface area contributed by atoms with E-state index < -0.39 is 10.0 Å². The number of amides is 1. The number of halogens is 1. The first-order valence-corrected chi connectivity index (χ1v) is 12.8. The van der Waals surface area contributed by atoms with Crippen molar-refractivity contribution in [3.05, 3.63) is 58.1 Å². The first-order chi connectivity index (χ1) is 14.4. The lowest BCUT2D eigenvalue weighted by atomic mass is 10.2. The van der Waals surface area contributed by atoms with Crippen LogP contribution in [0.5, 0.6) is 0 Å². The number of anilines is 1. The Morgan fingerprint density at radius 3 is 2.60 bits per heavy atom. The van der Waals surface area contributed by atoms with Crippen molar-refractivity contribution in [2.45, 2.75) is 50.5 Å². The number of rotatable bonds is 8. The van der Waals surface area contributed by atoms with Crippen LogP contribution in [-0.2, 0) is 27.8 Å². The fraction of sp³-hybridized carbons (Fsp3) is 0.435. The molecule has 0 radical (unpaired) electrons. The summed E-state index contributed by atoms with van der Waals surface area (Å²) in [5.74, 6) is 0.241. The summed E-state index contributed by atoms with van der Waals surface area (Å²) in [6.45, 7) is 3.48. The van der Waals surface area contributed by atoms with E-state index in [0.717, 1.165) is 48.9 Å². The molecule has 2 aromatic rings. The number of carbonyl (C=O) groups excluding carboxylic acids is 1. The van der Waals surface area contributed by atoms with E-state index >= 15 is 0 Å². The summed E-state index contributed by atoms with van der Waals surface area (Å²) < 4.78 is 29.5. The molecule has 1 heterocycles. The number of nitrogens with zero attached hydrogens (tertiary/aromatic N) is 2. The smallest absolute Gasteiger partial charge is 0.244 e. The van der Waals surface area contributed by atoms with Crippen LogP contribution < -0.4 is 4.90 Å². The van der Waals surface area contributed by atoms with Crippen LogP contribution in [0.3, 0.4) is 0 Å². The molecule has 5 nitrogen and oxygen atoms in total. The lowest BCUT2D eigenvalue weighted by molar-refractivity contribution is -0.119. The van der Waals surface area contributed by atoms with Gasteiger partial charge in [-0.3, -0.25) is 4.79 Å². The second kappa shape index (κ2) is 8.81. The van der Waals surface area contributed by atoms with E-state index in [4.69, 9.17) is 0 Å². The molecule has 0 saturated heterocycles. The summed E-state index contributed by atoms with van der Waals surface area (Å²) in [5, 5.41) is 0. The number of carbonyl (C=O) groups is 1. The minimum absolute atomic E-state index is 0.110. The summed E-state index contributed by atoms with van der Waals surface area (Å²) in [6.07, 6.45) is 4.34. The highest BCUT2D eigenvalue weighted by Gasteiger charge is 2.38. The van der Waals surface area contributed by atoms with Gasteiger partial charge in [-0.25, -0.2) is 8.42 Å². The molecular formula is C23H27BrN2O3S. The Hall–Kier alpha value is -1.70. The van der Waals surface area contributed by atoms with Crippen LogP contribution in [0.2, 0.25) is 0 Å². The van der Waals surface area contributed by atoms with Gasteiger partial charge in [-0.1, -0.05) is 43.7 Å². The van der Waals surface area contributed by atoms with E-state index in [1.807, 2.05) is 36.4 Å². The summed E-state index contributed by atoms with van der Waals surface area (Å²) in [4.78, 5) is 14.7. The normalized spacial score (nSPS) is 16.2. The molecule has 2 aromatic carbocycles. The van der Waals surface area contributed by atoms with Gasteiger partial charge in [0.05, 0.1) is 4.90 Å². The van der Waals surface area contributed by atoms with Crippen LogP contribution in [0.1, 0.15) is 43.7 Å². The summed E-state index contributed by atoms with van der Waals surface area (Å²) in [6, 6.07) is 13.2. The van der Waals surface area contributed by atoms with Gasteiger partial charge in [0, 0.05) is 35.7 Å². The number of unbranched alkanes of at least 4 members (excludes halogenated alkanes) is 1. The molecule has 0 atom stereocenters. The Bertz CT molecular complexity index is 1040. The van der Waals surface area contributed by atoms with Gasteiger partial charge in [0.1, 0.15) is 0 Å². The number of hydrogen-bond donors (Lipinski definition) is 0. The molecule has 0 N–H and O–H groups in total. The predicted octanol–water partition coefficient (Wildman–Crippen LogP) is 4.74. The Morgan fingerprint density at radius 1 is 1.20 bits per heavy atom. The van der Waals surface area contributed by atoms with Crippen LogP contribution in [0.25, 0.3) is 0 Å². The van der Waals surface area contributed by atoms with Crippen LogP contribution in [-0.4, -0.2) is 31.7 Å². The third-order valence-electron chi connectivity index (χ3n) is 5.80. The van der Waals surface area contributed by atoms with Crippen molar-refractivity contribution in [3.8, 4) is 0 Å². The molecule has 1 aliphatic carbocycles. The minimum Gasteiger partial charge on any atom is -0.312 e. The topological polar surface area (TPSA) is 57.7 Å². The van der Waals surface area contributed by atoms with Crippen molar-refractivity contribution in [2.24, 2.45) is 5.92 Å². The second-order valence-corrected chi connectivity index (χ2v) is 10.9. The molecule has 7 heteroatoms. The van der Waals surface area contributed by atoms with Crippen molar-refractivity contribution >= 4 is 37.5 Å². The Labute approximate surface area is 187 Å². The Morgan fingerprint density at radius 2 is 1.93 bits per heavy atom. The average molecular weight is 491 g/mol. The molecular weight excluding hydrogens is 464 g/mol. The van der Waals surface area contributed by atoms with Crippen LogP contribution >= 0.6 is 15.9 Å². The van der Waals surface area contributed by atoms with E-state index in [1.165, 1.54) is 0 Å². The third kappa shape index (κ3) is 4.34. The van der Waals surface area contributed by atoms with Gasteiger partial charge in [-0.05, 0) is 64.9 Å². The van der Waals surface area contributed by atoms with Gasteiger partial charge in [0.2, 0.25) is 15.9 Å². The fourth-order valence-corrected chi connectivity index (χ4v) is 6.45. The van der Waals surface area contributed by atoms with Crippen molar-refractivity contribution in [1.29, 1.82) is 0 Å². The molecule has 0 bridgehead atoms. The zero-order chi connectivity index (χ0) is 21.3. The van der Waals surface area contributed by atoms with Gasteiger partial charge in [0.15, 0.2) is 0 Å². The Balaban J connectivity index is 1.69. The first kappa shape index (κ1) is 21.5. The fourth-order valence-electron chi connectivity index (χ4n) is 3.91. The average Bonchev–Trinajstić information content (AvgIpc) is 3.51. The molecule has 30 heavy (non-hydrogen) atoms. The van der Waals surface area contributed by atoms with E-state index in [9.17, 15) is 13.2 Å². The SMILES string of the molecule is CCCCN(Cc1ccccc1)S(=O)(=O)c1cc2c(cc1Br)CCN2C(=O)C1CC1. The van der Waals surface area contributed by atoms with E-state index in [0.29, 0.717) is 24.1 Å². The van der Waals surface area contributed by atoms with Crippen LogP contribution in [0.15, 0.2) is 51.8 Å². The monoisotopic (exact) mass is 490 g/mol. The van der Waals surface area contributed by atoms with E-state index in [2.05, 4.69) is 22.9 Å². The standard InChI is InChI=1S/C23H27BrN2O3S/c1-2-3-12-25(16-17-7-5-4-6-8-17)30(28,29)22-15-21-19(14-20(22)24)11-13-26(21)23(27)18-9-10-18/h4-8,14-15,18H,2-3,9-13,16H2,1H3. The highest BCUT2D eigenvalue weighted by Crippen LogP contribution is 2.40. The van der Waals surface area contributed by atoms with Gasteiger partial charge in [0.25, 0.3) is 0 Å². The largest absolute Gasteiger partial charge is 0.312 e. The number of hydrogen-bond acceptors (Lipinski definition) is 3. The van der Waals surface area contributed by atoms with Crippen LogP contribution in [0, 0.1) is 5.92 Å². The zero-order valence-corrected chi connectivity index (χ0v) is 19.6. The van der Waals surface area contributed by atoms with Gasteiger partial charge < -0.3 is 4.90 Å². The van der Waals surface area contributed by atoms with Crippen molar-refractivity contribution < 1.29 is 13.2 Å². The quantitative estimate of drug-likeness (QED) is 0.536. The maximum absolute atomic E-state index is 13.7. The number of fused-ring (bicyclic) bond motifs is 1. The Kier molecular flexibility index (Phi) is 6.32. The lowest BCUT2D eigenvalue weighted by Gasteiger charge is -2.24. The molecule has 2 aliphatic rings. The lowest BCUT2D eigenvalue weighted by Crippen LogP contribution is -2.33. The molecule has 4 rings (SSSR count). The maximum Gasteiger partial charge on any atom is 0.244 e. The van der Waals surface area contributed by atoms with Gasteiger partial charge >= 0.3 is 0 Å². The van der Waals surface area contributed by atoms with Gasteiger partial charge in [-0.15, -0.1) is 0 Å². The van der Waals surface area contributed by atoms with Crippen molar-refractivity contribution in [3.63, 3.8) is 0 Å². The number of benzene rings is 2. The molecule has 0 spiro atoms.